The number of benzene rings is 2. The Balaban J connectivity index is 1.60. The molecule has 25 heavy (non-hydrogen) atoms. The van der Waals surface area contributed by atoms with Crippen LogP contribution in [0, 0.1) is 0 Å². The average molecular weight is 361 g/mol. The quantitative estimate of drug-likeness (QED) is 0.884. The first-order chi connectivity index (χ1) is 11.9. The summed E-state index contributed by atoms with van der Waals surface area (Å²) in [5.74, 6) is 1.24. The molecule has 1 aliphatic heterocycles. The lowest BCUT2D eigenvalue weighted by molar-refractivity contribution is -0.116. The number of amides is 1. The molecule has 0 atom stereocenters. The van der Waals surface area contributed by atoms with Crippen LogP contribution in [0.4, 0.5) is 5.69 Å². The van der Waals surface area contributed by atoms with E-state index in [0.717, 1.165) is 17.6 Å². The Bertz CT molecular complexity index is 892. The summed E-state index contributed by atoms with van der Waals surface area (Å²) in [4.78, 5) is 12.3. The molecular formula is C18H19NO5S. The van der Waals surface area contributed by atoms with Gasteiger partial charge in [0.2, 0.25) is 5.91 Å². The fourth-order valence-electron chi connectivity index (χ4n) is 2.53. The molecule has 0 radical (unpaired) electrons. The Morgan fingerprint density at radius 3 is 2.60 bits per heavy atom. The Kier molecular flexibility index (Phi) is 4.94. The summed E-state index contributed by atoms with van der Waals surface area (Å²) in [5.41, 5.74) is 1.44. The second kappa shape index (κ2) is 7.14. The number of fused-ring (bicyclic) bond motifs is 1. The molecule has 132 valence electrons. The van der Waals surface area contributed by atoms with Crippen LogP contribution in [-0.2, 0) is 21.1 Å². The molecule has 0 saturated carbocycles. The predicted octanol–water partition coefficient (Wildman–Crippen LogP) is 2.43. The highest BCUT2D eigenvalue weighted by Crippen LogP contribution is 2.31. The molecule has 3 rings (SSSR count). The molecule has 2 aromatic rings. The van der Waals surface area contributed by atoms with E-state index in [1.807, 2.05) is 18.2 Å². The smallest absolute Gasteiger partial charge is 0.224 e. The molecule has 1 N–H and O–H groups in total. The number of aryl methyl sites for hydroxylation is 1. The van der Waals surface area contributed by atoms with E-state index in [1.165, 1.54) is 12.1 Å². The maximum Gasteiger partial charge on any atom is 0.224 e. The molecule has 2 aromatic carbocycles. The molecule has 0 bridgehead atoms. The van der Waals surface area contributed by atoms with Gasteiger partial charge in [-0.2, -0.15) is 0 Å². The van der Waals surface area contributed by atoms with E-state index in [9.17, 15) is 13.2 Å². The molecular weight excluding hydrogens is 342 g/mol. The van der Waals surface area contributed by atoms with E-state index in [4.69, 9.17) is 9.47 Å². The molecule has 6 nitrogen and oxygen atoms in total. The lowest BCUT2D eigenvalue weighted by atomic mass is 10.1. The van der Waals surface area contributed by atoms with Gasteiger partial charge in [-0.3, -0.25) is 4.79 Å². The van der Waals surface area contributed by atoms with Gasteiger partial charge in [0.25, 0.3) is 0 Å². The summed E-state index contributed by atoms with van der Waals surface area (Å²) in [6, 6.07) is 11.9. The highest BCUT2D eigenvalue weighted by molar-refractivity contribution is 7.90. The molecule has 1 heterocycles. The summed E-state index contributed by atoms with van der Waals surface area (Å²) in [5, 5.41) is 2.73. The zero-order valence-corrected chi connectivity index (χ0v) is 14.6. The zero-order valence-electron chi connectivity index (χ0n) is 13.8. The van der Waals surface area contributed by atoms with Gasteiger partial charge in [-0.05, 0) is 42.3 Å². The zero-order chi connectivity index (χ0) is 17.9. The van der Waals surface area contributed by atoms with Crippen molar-refractivity contribution in [1.29, 1.82) is 0 Å². The molecule has 0 fully saturated rings. The predicted molar refractivity (Wildman–Crippen MR) is 93.9 cm³/mol. The van der Waals surface area contributed by atoms with Gasteiger partial charge in [-0.15, -0.1) is 0 Å². The number of nitrogens with one attached hydrogen (secondary N) is 1. The normalized spacial score (nSPS) is 13.3. The number of sulfone groups is 1. The van der Waals surface area contributed by atoms with Crippen molar-refractivity contribution in [1.82, 2.24) is 0 Å². The second-order valence-corrected chi connectivity index (χ2v) is 7.84. The summed E-state index contributed by atoms with van der Waals surface area (Å²) in [6.07, 6.45) is 1.97. The summed E-state index contributed by atoms with van der Waals surface area (Å²) in [6.45, 7) is 1.06. The van der Waals surface area contributed by atoms with Crippen molar-refractivity contribution in [2.45, 2.75) is 17.7 Å². The molecule has 0 spiro atoms. The van der Waals surface area contributed by atoms with Crippen molar-refractivity contribution in [3.8, 4) is 11.5 Å². The topological polar surface area (TPSA) is 81.7 Å². The van der Waals surface area contributed by atoms with Crippen molar-refractivity contribution in [3.05, 3.63) is 48.0 Å². The van der Waals surface area contributed by atoms with Gasteiger partial charge in [-0.1, -0.05) is 12.1 Å². The van der Waals surface area contributed by atoms with Gasteiger partial charge in [0, 0.05) is 18.4 Å². The number of carbonyl (C=O) groups excluding carboxylic acids is 1. The number of ether oxygens (including phenoxy) is 2. The van der Waals surface area contributed by atoms with Gasteiger partial charge in [0.1, 0.15) is 13.2 Å². The molecule has 1 amide bonds. The van der Waals surface area contributed by atoms with Crippen LogP contribution >= 0.6 is 0 Å². The van der Waals surface area contributed by atoms with E-state index in [1.54, 1.807) is 12.1 Å². The van der Waals surface area contributed by atoms with Crippen LogP contribution in [0.15, 0.2) is 47.4 Å². The van der Waals surface area contributed by atoms with Crippen LogP contribution in [0.3, 0.4) is 0 Å². The first kappa shape index (κ1) is 17.3. The van der Waals surface area contributed by atoms with Crippen LogP contribution in [-0.4, -0.2) is 33.8 Å². The Hall–Kier alpha value is -2.54. The third-order valence-electron chi connectivity index (χ3n) is 3.79. The van der Waals surface area contributed by atoms with Crippen molar-refractivity contribution in [2.75, 3.05) is 24.8 Å². The fourth-order valence-corrected chi connectivity index (χ4v) is 3.20. The third kappa shape index (κ3) is 4.51. The minimum atomic E-state index is -3.30. The largest absolute Gasteiger partial charge is 0.486 e. The Morgan fingerprint density at radius 1 is 1.08 bits per heavy atom. The minimum Gasteiger partial charge on any atom is -0.486 e. The number of carbonyl (C=O) groups is 1. The monoisotopic (exact) mass is 361 g/mol. The van der Waals surface area contributed by atoms with E-state index < -0.39 is 9.84 Å². The number of hydrogen-bond acceptors (Lipinski definition) is 5. The molecule has 0 aromatic heterocycles. The van der Waals surface area contributed by atoms with Crippen molar-refractivity contribution >= 4 is 21.4 Å². The summed E-state index contributed by atoms with van der Waals surface area (Å²) in [7, 11) is -3.30. The van der Waals surface area contributed by atoms with Gasteiger partial charge < -0.3 is 14.8 Å². The van der Waals surface area contributed by atoms with Gasteiger partial charge in [0.05, 0.1) is 4.90 Å². The highest BCUT2D eigenvalue weighted by atomic mass is 32.2. The van der Waals surface area contributed by atoms with Crippen LogP contribution in [0.25, 0.3) is 0 Å². The maximum absolute atomic E-state index is 12.1. The standard InChI is InChI=1S/C18H19NO5S/c1-25(21,22)15-4-2-3-14(12-15)19-18(20)8-6-13-5-7-16-17(11-13)24-10-9-23-16/h2-5,7,11-12H,6,8-10H2,1H3,(H,19,20). The van der Waals surface area contributed by atoms with Crippen LogP contribution < -0.4 is 14.8 Å². The number of hydrogen-bond donors (Lipinski definition) is 1. The van der Waals surface area contributed by atoms with E-state index >= 15 is 0 Å². The van der Waals surface area contributed by atoms with Gasteiger partial charge in [-0.25, -0.2) is 8.42 Å². The Morgan fingerprint density at radius 2 is 1.84 bits per heavy atom. The second-order valence-electron chi connectivity index (χ2n) is 5.83. The van der Waals surface area contributed by atoms with Gasteiger partial charge >= 0.3 is 0 Å². The van der Waals surface area contributed by atoms with Crippen molar-refractivity contribution < 1.29 is 22.7 Å². The van der Waals surface area contributed by atoms with Crippen molar-refractivity contribution in [3.63, 3.8) is 0 Å². The third-order valence-corrected chi connectivity index (χ3v) is 4.90. The first-order valence-corrected chi connectivity index (χ1v) is 9.79. The number of rotatable bonds is 5. The van der Waals surface area contributed by atoms with Gasteiger partial charge in [0.15, 0.2) is 21.3 Å². The van der Waals surface area contributed by atoms with Crippen LogP contribution in [0.5, 0.6) is 11.5 Å². The minimum absolute atomic E-state index is 0.178. The lowest BCUT2D eigenvalue weighted by Crippen LogP contribution is -2.16. The Labute approximate surface area is 146 Å². The molecule has 0 saturated heterocycles. The van der Waals surface area contributed by atoms with Crippen LogP contribution in [0.1, 0.15) is 12.0 Å². The number of anilines is 1. The average Bonchev–Trinajstić information content (AvgIpc) is 2.59. The molecule has 1 aliphatic rings. The van der Waals surface area contributed by atoms with Crippen LogP contribution in [0.2, 0.25) is 0 Å². The highest BCUT2D eigenvalue weighted by Gasteiger charge is 2.13. The maximum atomic E-state index is 12.1. The first-order valence-electron chi connectivity index (χ1n) is 7.90. The SMILES string of the molecule is CS(=O)(=O)c1cccc(NC(=O)CCc2ccc3c(c2)OCCO3)c1. The summed E-state index contributed by atoms with van der Waals surface area (Å²) >= 11 is 0. The van der Waals surface area contributed by atoms with Crippen molar-refractivity contribution in [2.24, 2.45) is 0 Å². The lowest BCUT2D eigenvalue weighted by Gasteiger charge is -2.18. The fraction of sp³-hybridized carbons (Fsp3) is 0.278. The molecule has 7 heteroatoms. The summed E-state index contributed by atoms with van der Waals surface area (Å²) < 4.78 is 34.1. The molecule has 0 unspecified atom stereocenters. The van der Waals surface area contributed by atoms with E-state index in [2.05, 4.69) is 5.32 Å². The van der Waals surface area contributed by atoms with E-state index in [-0.39, 0.29) is 17.2 Å². The molecule has 0 aliphatic carbocycles. The van der Waals surface area contributed by atoms with E-state index in [0.29, 0.717) is 31.1 Å².